The van der Waals surface area contributed by atoms with Gasteiger partial charge < -0.3 is 18.9 Å². The third-order valence-corrected chi connectivity index (χ3v) is 6.99. The molecule has 6 atom stereocenters. The Labute approximate surface area is 181 Å². The Balaban J connectivity index is 1.55. The predicted octanol–water partition coefficient (Wildman–Crippen LogP) is 4.98. The standard InChI is InChI=1S/C24H40O6/c1-3-5-8-17-11-12-18(9-6-10-21(25)29-23-15-27-23)20(19(17)7-4-2)13-14-22(26)30-24-16-28-24/h17-20,23-24H,3-16H2,1-2H3. The number of esters is 2. The van der Waals surface area contributed by atoms with E-state index in [1.54, 1.807) is 0 Å². The Morgan fingerprint density at radius 1 is 0.733 bits per heavy atom. The fourth-order valence-corrected chi connectivity index (χ4v) is 5.39. The second kappa shape index (κ2) is 12.0. The summed E-state index contributed by atoms with van der Waals surface area (Å²) in [6, 6.07) is 0. The predicted molar refractivity (Wildman–Crippen MR) is 112 cm³/mol. The second-order valence-electron chi connectivity index (χ2n) is 9.29. The zero-order valence-corrected chi connectivity index (χ0v) is 18.8. The molecule has 0 radical (unpaired) electrons. The van der Waals surface area contributed by atoms with Crippen LogP contribution in [0, 0.1) is 23.7 Å². The average Bonchev–Trinajstić information content (AvgIpc) is 3.64. The summed E-state index contributed by atoms with van der Waals surface area (Å²) < 4.78 is 20.5. The topological polar surface area (TPSA) is 77.7 Å². The molecule has 0 spiro atoms. The summed E-state index contributed by atoms with van der Waals surface area (Å²) in [7, 11) is 0. The van der Waals surface area contributed by atoms with Crippen LogP contribution in [0.1, 0.15) is 90.9 Å². The van der Waals surface area contributed by atoms with E-state index in [9.17, 15) is 9.59 Å². The first-order chi connectivity index (χ1) is 14.6. The van der Waals surface area contributed by atoms with Crippen molar-refractivity contribution in [2.45, 2.75) is 103 Å². The molecule has 6 nitrogen and oxygen atoms in total. The number of epoxide rings is 2. The normalized spacial score (nSPS) is 32.5. The van der Waals surface area contributed by atoms with Crippen LogP contribution in [0.4, 0.5) is 0 Å². The fraction of sp³-hybridized carbons (Fsp3) is 0.917. The van der Waals surface area contributed by atoms with Gasteiger partial charge in [-0.1, -0.05) is 46.0 Å². The lowest BCUT2D eigenvalue weighted by Crippen LogP contribution is -2.35. The van der Waals surface area contributed by atoms with Crippen LogP contribution in [0.3, 0.4) is 0 Å². The van der Waals surface area contributed by atoms with Gasteiger partial charge in [-0.2, -0.15) is 0 Å². The molecule has 172 valence electrons. The van der Waals surface area contributed by atoms with Gasteiger partial charge in [-0.3, -0.25) is 9.59 Å². The molecule has 0 aromatic rings. The average molecular weight is 425 g/mol. The van der Waals surface area contributed by atoms with Crippen LogP contribution in [0.2, 0.25) is 0 Å². The smallest absolute Gasteiger partial charge is 0.308 e. The molecule has 3 aliphatic rings. The summed E-state index contributed by atoms with van der Waals surface area (Å²) in [6.07, 6.45) is 11.9. The summed E-state index contributed by atoms with van der Waals surface area (Å²) in [5.41, 5.74) is 0. The van der Waals surface area contributed by atoms with E-state index < -0.39 is 0 Å². The molecular weight excluding hydrogens is 384 g/mol. The Bertz CT molecular complexity index is 542. The summed E-state index contributed by atoms with van der Waals surface area (Å²) in [6.45, 7) is 5.61. The molecular formula is C24H40O6. The van der Waals surface area contributed by atoms with Crippen LogP contribution in [0.25, 0.3) is 0 Å². The molecule has 0 aromatic carbocycles. The number of ether oxygens (including phenoxy) is 4. The molecule has 2 heterocycles. The van der Waals surface area contributed by atoms with Crippen molar-refractivity contribution in [3.63, 3.8) is 0 Å². The molecule has 3 rings (SSSR count). The number of rotatable bonds is 14. The van der Waals surface area contributed by atoms with E-state index in [1.165, 1.54) is 44.9 Å². The largest absolute Gasteiger partial charge is 0.433 e. The first kappa shape index (κ1) is 23.5. The van der Waals surface area contributed by atoms with Gasteiger partial charge in [-0.05, 0) is 55.8 Å². The molecule has 1 aliphatic carbocycles. The van der Waals surface area contributed by atoms with Crippen molar-refractivity contribution in [3.05, 3.63) is 0 Å². The number of unbranched alkanes of at least 4 members (excludes halogenated alkanes) is 1. The molecule has 6 unspecified atom stereocenters. The molecule has 0 amide bonds. The lowest BCUT2D eigenvalue weighted by molar-refractivity contribution is -0.149. The molecule has 3 fully saturated rings. The van der Waals surface area contributed by atoms with Crippen LogP contribution in [-0.4, -0.2) is 37.7 Å². The van der Waals surface area contributed by atoms with Gasteiger partial charge in [0, 0.05) is 12.8 Å². The van der Waals surface area contributed by atoms with Crippen LogP contribution in [0.15, 0.2) is 0 Å². The van der Waals surface area contributed by atoms with Crippen molar-refractivity contribution < 1.29 is 28.5 Å². The molecule has 30 heavy (non-hydrogen) atoms. The molecule has 0 aromatic heterocycles. The fourth-order valence-electron chi connectivity index (χ4n) is 5.39. The van der Waals surface area contributed by atoms with Gasteiger partial charge in [0.1, 0.15) is 13.2 Å². The molecule has 6 heteroatoms. The highest BCUT2D eigenvalue weighted by molar-refractivity contribution is 5.70. The second-order valence-corrected chi connectivity index (χ2v) is 9.29. The molecule has 2 aliphatic heterocycles. The highest BCUT2D eigenvalue weighted by Crippen LogP contribution is 2.47. The van der Waals surface area contributed by atoms with Crippen LogP contribution in [-0.2, 0) is 28.5 Å². The van der Waals surface area contributed by atoms with Gasteiger partial charge >= 0.3 is 11.9 Å². The van der Waals surface area contributed by atoms with E-state index in [-0.39, 0.29) is 24.5 Å². The minimum absolute atomic E-state index is 0.129. The number of hydrogen-bond acceptors (Lipinski definition) is 6. The number of carbonyl (C=O) groups excluding carboxylic acids is 2. The number of hydrogen-bond donors (Lipinski definition) is 0. The van der Waals surface area contributed by atoms with Crippen molar-refractivity contribution in [1.82, 2.24) is 0 Å². The Morgan fingerprint density at radius 2 is 1.27 bits per heavy atom. The Hall–Kier alpha value is -1.14. The zero-order valence-electron chi connectivity index (χ0n) is 18.8. The van der Waals surface area contributed by atoms with Gasteiger partial charge in [0.15, 0.2) is 0 Å². The van der Waals surface area contributed by atoms with Gasteiger partial charge in [0.05, 0.1) is 0 Å². The minimum atomic E-state index is -0.301. The minimum Gasteiger partial charge on any atom is -0.433 e. The first-order valence-electron chi connectivity index (χ1n) is 12.2. The summed E-state index contributed by atoms with van der Waals surface area (Å²) in [4.78, 5) is 24.1. The zero-order chi connectivity index (χ0) is 21.3. The summed E-state index contributed by atoms with van der Waals surface area (Å²) >= 11 is 0. The van der Waals surface area contributed by atoms with E-state index in [0.717, 1.165) is 25.2 Å². The van der Waals surface area contributed by atoms with Crippen molar-refractivity contribution in [2.24, 2.45) is 23.7 Å². The third kappa shape index (κ3) is 7.84. The molecule has 0 N–H and O–H groups in total. The Kier molecular flexibility index (Phi) is 9.44. The van der Waals surface area contributed by atoms with Crippen LogP contribution in [0.5, 0.6) is 0 Å². The molecule has 1 saturated carbocycles. The first-order valence-corrected chi connectivity index (χ1v) is 12.2. The summed E-state index contributed by atoms with van der Waals surface area (Å²) in [5.74, 6) is 2.28. The highest BCUT2D eigenvalue weighted by Gasteiger charge is 2.38. The monoisotopic (exact) mass is 424 g/mol. The quantitative estimate of drug-likeness (QED) is 0.289. The Morgan fingerprint density at radius 3 is 1.80 bits per heavy atom. The van der Waals surface area contributed by atoms with Crippen molar-refractivity contribution in [2.75, 3.05) is 13.2 Å². The lowest BCUT2D eigenvalue weighted by Gasteiger charge is -2.44. The third-order valence-electron chi connectivity index (χ3n) is 6.99. The maximum Gasteiger partial charge on any atom is 0.308 e. The van der Waals surface area contributed by atoms with Gasteiger partial charge in [0.25, 0.3) is 0 Å². The summed E-state index contributed by atoms with van der Waals surface area (Å²) in [5, 5.41) is 0. The van der Waals surface area contributed by atoms with E-state index in [0.29, 0.717) is 43.8 Å². The molecule has 2 saturated heterocycles. The molecule has 0 bridgehead atoms. The van der Waals surface area contributed by atoms with Gasteiger partial charge in [0.2, 0.25) is 12.6 Å². The van der Waals surface area contributed by atoms with E-state index in [1.807, 2.05) is 0 Å². The lowest BCUT2D eigenvalue weighted by atomic mass is 9.61. The van der Waals surface area contributed by atoms with E-state index in [2.05, 4.69) is 13.8 Å². The van der Waals surface area contributed by atoms with Crippen LogP contribution >= 0.6 is 0 Å². The van der Waals surface area contributed by atoms with Crippen molar-refractivity contribution in [3.8, 4) is 0 Å². The maximum absolute atomic E-state index is 12.2. The SMILES string of the molecule is CCCCC1CCC(CCCC(=O)OC2CO2)C(CCC(=O)OC2CO2)C1CCC. The number of carbonyl (C=O) groups is 2. The van der Waals surface area contributed by atoms with Gasteiger partial charge in [-0.25, -0.2) is 0 Å². The highest BCUT2D eigenvalue weighted by atomic mass is 16.8. The van der Waals surface area contributed by atoms with Crippen molar-refractivity contribution in [1.29, 1.82) is 0 Å². The van der Waals surface area contributed by atoms with Crippen LogP contribution < -0.4 is 0 Å². The van der Waals surface area contributed by atoms with E-state index >= 15 is 0 Å². The maximum atomic E-state index is 12.2. The van der Waals surface area contributed by atoms with Gasteiger partial charge in [-0.15, -0.1) is 0 Å². The van der Waals surface area contributed by atoms with Crippen molar-refractivity contribution >= 4 is 11.9 Å². The van der Waals surface area contributed by atoms with E-state index in [4.69, 9.17) is 18.9 Å².